The molecule has 1 aliphatic heterocycles. The molecule has 32 heavy (non-hydrogen) atoms. The third-order valence-corrected chi connectivity index (χ3v) is 6.61. The molecule has 2 aliphatic rings. The van der Waals surface area contributed by atoms with Crippen LogP contribution in [0.4, 0.5) is 5.69 Å². The van der Waals surface area contributed by atoms with E-state index in [1.54, 1.807) is 23.7 Å². The Morgan fingerprint density at radius 1 is 0.969 bits per heavy atom. The second-order valence-corrected chi connectivity index (χ2v) is 8.78. The molecule has 3 atom stereocenters. The van der Waals surface area contributed by atoms with E-state index < -0.39 is 17.7 Å². The lowest BCUT2D eigenvalue weighted by Gasteiger charge is -2.40. The highest BCUT2D eigenvalue weighted by atomic mass is 35.5. The van der Waals surface area contributed by atoms with Crippen molar-refractivity contribution >= 4 is 29.1 Å². The van der Waals surface area contributed by atoms with Crippen LogP contribution in [-0.2, 0) is 9.59 Å². The zero-order valence-corrected chi connectivity index (χ0v) is 18.6. The molecule has 170 valence electrons. The summed E-state index contributed by atoms with van der Waals surface area (Å²) in [5.74, 6) is -1.03. The molecule has 2 N–H and O–H groups in total. The number of nitrogens with zero attached hydrogens (tertiary/aromatic N) is 2. The van der Waals surface area contributed by atoms with Gasteiger partial charge in [0.25, 0.3) is 0 Å². The first-order valence-electron chi connectivity index (χ1n) is 11.0. The monoisotopic (exact) mass is 457 g/mol. The molecule has 8 heteroatoms. The normalized spacial score (nSPS) is 23.5. The highest BCUT2D eigenvalue weighted by Gasteiger charge is 2.42. The summed E-state index contributed by atoms with van der Waals surface area (Å²) in [6, 6.07) is 17.3. The molecule has 2 aromatic carbocycles. The number of hydrogen-bond acceptors (Lipinski definition) is 5. The van der Waals surface area contributed by atoms with Gasteiger partial charge in [0.15, 0.2) is 0 Å². The van der Waals surface area contributed by atoms with Gasteiger partial charge in [-0.3, -0.25) is 14.8 Å². The molecular formula is C24H28ClN3O4. The number of rotatable bonds is 5. The largest absolute Gasteiger partial charge is 0.490 e. The highest BCUT2D eigenvalue weighted by molar-refractivity contribution is 6.30. The molecule has 1 heterocycles. The van der Waals surface area contributed by atoms with Crippen molar-refractivity contribution in [2.24, 2.45) is 11.8 Å². The lowest BCUT2D eigenvalue weighted by Crippen LogP contribution is -2.53. The number of ether oxygens (including phenoxy) is 1. The first kappa shape index (κ1) is 22.4. The van der Waals surface area contributed by atoms with Gasteiger partial charge in [-0.25, -0.2) is 5.48 Å². The minimum atomic E-state index is -0.641. The molecule has 1 aliphatic carbocycles. The summed E-state index contributed by atoms with van der Waals surface area (Å²) in [6.07, 6.45) is 1.32. The van der Waals surface area contributed by atoms with Crippen LogP contribution in [-0.4, -0.2) is 54.2 Å². The fourth-order valence-electron chi connectivity index (χ4n) is 4.70. The van der Waals surface area contributed by atoms with Crippen molar-refractivity contribution in [2.45, 2.75) is 25.4 Å². The van der Waals surface area contributed by atoms with Gasteiger partial charge in [0.1, 0.15) is 5.75 Å². The number of amides is 2. The number of piperazine rings is 1. The van der Waals surface area contributed by atoms with Gasteiger partial charge >= 0.3 is 0 Å². The van der Waals surface area contributed by atoms with E-state index in [1.165, 1.54) is 0 Å². The van der Waals surface area contributed by atoms with Gasteiger partial charge in [-0.15, -0.1) is 0 Å². The van der Waals surface area contributed by atoms with Crippen LogP contribution in [0.25, 0.3) is 0 Å². The molecule has 1 saturated carbocycles. The minimum Gasteiger partial charge on any atom is -0.490 e. The van der Waals surface area contributed by atoms with Gasteiger partial charge in [0, 0.05) is 36.9 Å². The van der Waals surface area contributed by atoms with Gasteiger partial charge in [-0.1, -0.05) is 35.9 Å². The maximum Gasteiger partial charge on any atom is 0.247 e. The summed E-state index contributed by atoms with van der Waals surface area (Å²) in [5, 5.41) is 9.86. The van der Waals surface area contributed by atoms with Gasteiger partial charge in [-0.05, 0) is 49.6 Å². The molecule has 0 aromatic heterocycles. The maximum absolute atomic E-state index is 13.3. The van der Waals surface area contributed by atoms with Crippen molar-refractivity contribution in [2.75, 3.05) is 31.1 Å². The summed E-state index contributed by atoms with van der Waals surface area (Å²) in [4.78, 5) is 29.9. The summed E-state index contributed by atoms with van der Waals surface area (Å²) in [7, 11) is 0. The van der Waals surface area contributed by atoms with Gasteiger partial charge in [0.05, 0.1) is 17.9 Å². The van der Waals surface area contributed by atoms with Gasteiger partial charge in [-0.2, -0.15) is 0 Å². The van der Waals surface area contributed by atoms with Crippen molar-refractivity contribution in [3.05, 3.63) is 59.6 Å². The Labute approximate surface area is 192 Å². The average molecular weight is 458 g/mol. The van der Waals surface area contributed by atoms with Crippen molar-refractivity contribution in [3.63, 3.8) is 0 Å². The van der Waals surface area contributed by atoms with Crippen molar-refractivity contribution < 1.29 is 19.5 Å². The van der Waals surface area contributed by atoms with Crippen LogP contribution >= 0.6 is 11.6 Å². The lowest BCUT2D eigenvalue weighted by atomic mass is 9.76. The van der Waals surface area contributed by atoms with E-state index in [9.17, 15) is 14.8 Å². The molecule has 2 fully saturated rings. The lowest BCUT2D eigenvalue weighted by molar-refractivity contribution is -0.148. The Balaban J connectivity index is 1.39. The number of carbonyl (C=O) groups is 2. The Kier molecular flexibility index (Phi) is 7.17. The minimum absolute atomic E-state index is 0.0208. The van der Waals surface area contributed by atoms with E-state index in [-0.39, 0.29) is 12.0 Å². The van der Waals surface area contributed by atoms with E-state index in [1.807, 2.05) is 29.2 Å². The Morgan fingerprint density at radius 3 is 2.41 bits per heavy atom. The van der Waals surface area contributed by atoms with E-state index >= 15 is 0 Å². The molecular weight excluding hydrogens is 430 g/mol. The summed E-state index contributed by atoms with van der Waals surface area (Å²) >= 11 is 6.03. The molecule has 2 aromatic rings. The maximum atomic E-state index is 13.3. The van der Waals surface area contributed by atoms with Crippen molar-refractivity contribution in [1.29, 1.82) is 0 Å². The van der Waals surface area contributed by atoms with Crippen LogP contribution in [0.2, 0.25) is 5.02 Å². The Morgan fingerprint density at radius 2 is 1.72 bits per heavy atom. The fourth-order valence-corrected chi connectivity index (χ4v) is 4.88. The summed E-state index contributed by atoms with van der Waals surface area (Å²) < 4.78 is 6.02. The van der Waals surface area contributed by atoms with Crippen LogP contribution in [0, 0.1) is 11.8 Å². The van der Waals surface area contributed by atoms with Crippen molar-refractivity contribution in [3.8, 4) is 5.75 Å². The fraction of sp³-hybridized carbons (Fsp3) is 0.417. The number of halogens is 1. The predicted molar refractivity (Wildman–Crippen MR) is 122 cm³/mol. The number of para-hydroxylation sites is 1. The molecule has 4 rings (SSSR count). The number of anilines is 1. The molecule has 0 spiro atoms. The third-order valence-electron chi connectivity index (χ3n) is 6.38. The third kappa shape index (κ3) is 5.16. The number of benzene rings is 2. The second kappa shape index (κ2) is 10.2. The summed E-state index contributed by atoms with van der Waals surface area (Å²) in [5.41, 5.74) is 2.90. The number of nitrogens with one attached hydrogen (secondary N) is 1. The highest BCUT2D eigenvalue weighted by Crippen LogP contribution is 2.35. The molecule has 1 saturated heterocycles. The standard InChI is InChI=1S/C24H28ClN3O4/c25-17-5-4-8-19(15-17)32-20-9-10-21(22(16-20)23(29)26-31)24(30)28-13-11-27(12-14-28)18-6-2-1-3-7-18/h1-8,15,20-22,31H,9-14,16H2,(H,26,29)/t20-,21+,22+/m1/s1. The van der Waals surface area contributed by atoms with Crippen LogP contribution in [0.5, 0.6) is 5.75 Å². The van der Waals surface area contributed by atoms with Gasteiger partial charge < -0.3 is 14.5 Å². The zero-order valence-electron chi connectivity index (χ0n) is 17.8. The smallest absolute Gasteiger partial charge is 0.247 e. The Bertz CT molecular complexity index is 934. The molecule has 0 radical (unpaired) electrons. The van der Waals surface area contributed by atoms with E-state index in [0.29, 0.717) is 43.1 Å². The van der Waals surface area contributed by atoms with Crippen LogP contribution in [0.1, 0.15) is 19.3 Å². The van der Waals surface area contributed by atoms with Crippen LogP contribution in [0.15, 0.2) is 54.6 Å². The molecule has 2 amide bonds. The molecule has 0 unspecified atom stereocenters. The second-order valence-electron chi connectivity index (χ2n) is 8.35. The molecule has 7 nitrogen and oxygen atoms in total. The number of hydroxylamine groups is 1. The number of hydrogen-bond donors (Lipinski definition) is 2. The Hall–Kier alpha value is -2.77. The quantitative estimate of drug-likeness (QED) is 0.531. The average Bonchev–Trinajstić information content (AvgIpc) is 2.84. The SMILES string of the molecule is O=C(NO)[C@H]1C[C@H](Oc2cccc(Cl)c2)CC[C@@H]1C(=O)N1CCN(c2ccccc2)CC1. The molecule has 0 bridgehead atoms. The van der Waals surface area contributed by atoms with Crippen molar-refractivity contribution in [1.82, 2.24) is 10.4 Å². The van der Waals surface area contributed by atoms with Gasteiger partial charge in [0.2, 0.25) is 11.8 Å². The van der Waals surface area contributed by atoms with Crippen LogP contribution in [0.3, 0.4) is 0 Å². The first-order chi connectivity index (χ1) is 15.5. The van der Waals surface area contributed by atoms with E-state index in [2.05, 4.69) is 17.0 Å². The zero-order chi connectivity index (χ0) is 22.5. The topological polar surface area (TPSA) is 82.1 Å². The van der Waals surface area contributed by atoms with E-state index in [4.69, 9.17) is 16.3 Å². The predicted octanol–water partition coefficient (Wildman–Crippen LogP) is 3.36. The summed E-state index contributed by atoms with van der Waals surface area (Å²) in [6.45, 7) is 2.72. The number of carbonyl (C=O) groups excluding carboxylic acids is 2. The van der Waals surface area contributed by atoms with Crippen LogP contribution < -0.4 is 15.1 Å². The first-order valence-corrected chi connectivity index (χ1v) is 11.4. The van der Waals surface area contributed by atoms with E-state index in [0.717, 1.165) is 18.8 Å².